The van der Waals surface area contributed by atoms with Gasteiger partial charge in [-0.2, -0.15) is 0 Å². The summed E-state index contributed by atoms with van der Waals surface area (Å²) in [5.41, 5.74) is 5.98. The van der Waals surface area contributed by atoms with Crippen LogP contribution < -0.4 is 5.73 Å². The van der Waals surface area contributed by atoms with Crippen LogP contribution in [0.15, 0.2) is 0 Å². The molecule has 0 saturated heterocycles. The van der Waals surface area contributed by atoms with Gasteiger partial charge in [-0.1, -0.05) is 13.3 Å². The Labute approximate surface area is 88.8 Å². The summed E-state index contributed by atoms with van der Waals surface area (Å²) in [5, 5.41) is 0. The van der Waals surface area contributed by atoms with Gasteiger partial charge in [0.15, 0.2) is 0 Å². The zero-order valence-corrected chi connectivity index (χ0v) is 10.1. The minimum atomic E-state index is -0.00691. The minimum Gasteiger partial charge on any atom is -0.326 e. The lowest BCUT2D eigenvalue weighted by Crippen LogP contribution is -2.39. The molecular formula is C12H26N2. The SMILES string of the molecule is CCN(CCC(C)(C)N)CC1CCC1. The Balaban J connectivity index is 2.17. The fourth-order valence-electron chi connectivity index (χ4n) is 1.87. The molecule has 1 saturated carbocycles. The third-order valence-electron chi connectivity index (χ3n) is 3.26. The lowest BCUT2D eigenvalue weighted by atomic mass is 9.85. The lowest BCUT2D eigenvalue weighted by Gasteiger charge is -2.33. The fraction of sp³-hybridized carbons (Fsp3) is 1.00. The molecule has 0 heterocycles. The topological polar surface area (TPSA) is 29.3 Å². The highest BCUT2D eigenvalue weighted by Crippen LogP contribution is 2.27. The summed E-state index contributed by atoms with van der Waals surface area (Å²) in [4.78, 5) is 2.55. The van der Waals surface area contributed by atoms with Crippen molar-refractivity contribution in [3.8, 4) is 0 Å². The van der Waals surface area contributed by atoms with E-state index in [4.69, 9.17) is 5.73 Å². The maximum absolute atomic E-state index is 5.99. The first-order chi connectivity index (χ1) is 6.51. The summed E-state index contributed by atoms with van der Waals surface area (Å²) in [6.07, 6.45) is 5.45. The third kappa shape index (κ3) is 4.43. The average Bonchev–Trinajstić information content (AvgIpc) is 2.00. The molecule has 2 N–H and O–H groups in total. The van der Waals surface area contributed by atoms with Crippen molar-refractivity contribution in [2.24, 2.45) is 11.7 Å². The van der Waals surface area contributed by atoms with Crippen LogP contribution in [0.5, 0.6) is 0 Å². The molecule has 0 radical (unpaired) electrons. The predicted octanol–water partition coefficient (Wildman–Crippen LogP) is 2.24. The summed E-state index contributed by atoms with van der Waals surface area (Å²) in [6.45, 7) is 10.1. The van der Waals surface area contributed by atoms with Crippen LogP contribution in [0.2, 0.25) is 0 Å². The zero-order valence-electron chi connectivity index (χ0n) is 10.1. The Morgan fingerprint density at radius 3 is 2.36 bits per heavy atom. The predicted molar refractivity (Wildman–Crippen MR) is 62.3 cm³/mol. The van der Waals surface area contributed by atoms with E-state index in [1.165, 1.54) is 32.4 Å². The summed E-state index contributed by atoms with van der Waals surface area (Å²) in [6, 6.07) is 0. The molecular weight excluding hydrogens is 172 g/mol. The molecule has 1 aliphatic rings. The first kappa shape index (κ1) is 12.0. The van der Waals surface area contributed by atoms with Gasteiger partial charge < -0.3 is 10.6 Å². The lowest BCUT2D eigenvalue weighted by molar-refractivity contribution is 0.174. The van der Waals surface area contributed by atoms with E-state index in [-0.39, 0.29) is 5.54 Å². The van der Waals surface area contributed by atoms with Crippen LogP contribution in [0, 0.1) is 5.92 Å². The molecule has 0 atom stereocenters. The van der Waals surface area contributed by atoms with Crippen LogP contribution in [-0.4, -0.2) is 30.1 Å². The first-order valence-electron chi connectivity index (χ1n) is 6.02. The Hall–Kier alpha value is -0.0800. The molecule has 1 aliphatic carbocycles. The van der Waals surface area contributed by atoms with Gasteiger partial charge in [-0.15, -0.1) is 0 Å². The van der Waals surface area contributed by atoms with Gasteiger partial charge in [-0.25, -0.2) is 0 Å². The Morgan fingerprint density at radius 2 is 2.00 bits per heavy atom. The van der Waals surface area contributed by atoms with Gasteiger partial charge >= 0.3 is 0 Å². The van der Waals surface area contributed by atoms with Crippen molar-refractivity contribution in [1.29, 1.82) is 0 Å². The highest BCUT2D eigenvalue weighted by molar-refractivity contribution is 4.77. The van der Waals surface area contributed by atoms with E-state index >= 15 is 0 Å². The van der Waals surface area contributed by atoms with Crippen LogP contribution in [0.3, 0.4) is 0 Å². The van der Waals surface area contributed by atoms with Crippen LogP contribution in [0.25, 0.3) is 0 Å². The zero-order chi connectivity index (χ0) is 10.6. The molecule has 1 fully saturated rings. The molecule has 14 heavy (non-hydrogen) atoms. The second-order valence-corrected chi connectivity index (χ2v) is 5.43. The smallest absolute Gasteiger partial charge is 0.0109 e. The highest BCUT2D eigenvalue weighted by atomic mass is 15.1. The van der Waals surface area contributed by atoms with Gasteiger partial charge in [0.1, 0.15) is 0 Å². The van der Waals surface area contributed by atoms with E-state index in [2.05, 4.69) is 25.7 Å². The molecule has 0 amide bonds. The molecule has 0 aromatic heterocycles. The highest BCUT2D eigenvalue weighted by Gasteiger charge is 2.20. The Bertz CT molecular complexity index is 156. The second-order valence-electron chi connectivity index (χ2n) is 5.43. The van der Waals surface area contributed by atoms with Crippen molar-refractivity contribution >= 4 is 0 Å². The average molecular weight is 198 g/mol. The van der Waals surface area contributed by atoms with Crippen molar-refractivity contribution in [2.75, 3.05) is 19.6 Å². The maximum Gasteiger partial charge on any atom is 0.0109 e. The standard InChI is InChI=1S/C12H26N2/c1-4-14(9-8-12(2,3)13)10-11-6-5-7-11/h11H,4-10,13H2,1-3H3. The van der Waals surface area contributed by atoms with Gasteiger partial charge in [0, 0.05) is 12.1 Å². The van der Waals surface area contributed by atoms with Gasteiger partial charge in [0.05, 0.1) is 0 Å². The van der Waals surface area contributed by atoms with Gasteiger partial charge in [0.2, 0.25) is 0 Å². The molecule has 0 unspecified atom stereocenters. The number of nitrogens with two attached hydrogens (primary N) is 1. The van der Waals surface area contributed by atoms with Crippen LogP contribution >= 0.6 is 0 Å². The van der Waals surface area contributed by atoms with E-state index < -0.39 is 0 Å². The maximum atomic E-state index is 5.99. The van der Waals surface area contributed by atoms with Crippen molar-refractivity contribution in [3.63, 3.8) is 0 Å². The molecule has 84 valence electrons. The molecule has 0 aliphatic heterocycles. The summed E-state index contributed by atoms with van der Waals surface area (Å²) < 4.78 is 0. The van der Waals surface area contributed by atoms with E-state index in [1.807, 2.05) is 0 Å². The first-order valence-corrected chi connectivity index (χ1v) is 6.02. The summed E-state index contributed by atoms with van der Waals surface area (Å²) in [7, 11) is 0. The normalized spacial score (nSPS) is 18.6. The molecule has 0 aromatic carbocycles. The number of hydrogen-bond donors (Lipinski definition) is 1. The fourth-order valence-corrected chi connectivity index (χ4v) is 1.87. The van der Waals surface area contributed by atoms with Crippen molar-refractivity contribution in [1.82, 2.24) is 4.90 Å². The summed E-state index contributed by atoms with van der Waals surface area (Å²) in [5.74, 6) is 0.982. The molecule has 0 aromatic rings. The van der Waals surface area contributed by atoms with Crippen molar-refractivity contribution in [2.45, 2.75) is 52.0 Å². The van der Waals surface area contributed by atoms with Crippen LogP contribution in [0.4, 0.5) is 0 Å². The van der Waals surface area contributed by atoms with Gasteiger partial charge in [0.25, 0.3) is 0 Å². The van der Waals surface area contributed by atoms with Crippen LogP contribution in [-0.2, 0) is 0 Å². The van der Waals surface area contributed by atoms with E-state index in [0.717, 1.165) is 18.9 Å². The van der Waals surface area contributed by atoms with E-state index in [1.54, 1.807) is 0 Å². The molecule has 0 bridgehead atoms. The minimum absolute atomic E-state index is 0.00691. The monoisotopic (exact) mass is 198 g/mol. The largest absolute Gasteiger partial charge is 0.326 e. The number of nitrogens with zero attached hydrogens (tertiary/aromatic N) is 1. The number of rotatable bonds is 6. The summed E-state index contributed by atoms with van der Waals surface area (Å²) >= 11 is 0. The Morgan fingerprint density at radius 1 is 1.36 bits per heavy atom. The quantitative estimate of drug-likeness (QED) is 0.709. The molecule has 1 rings (SSSR count). The van der Waals surface area contributed by atoms with Crippen molar-refractivity contribution < 1.29 is 0 Å². The number of hydrogen-bond acceptors (Lipinski definition) is 2. The third-order valence-corrected chi connectivity index (χ3v) is 3.26. The van der Waals surface area contributed by atoms with E-state index in [9.17, 15) is 0 Å². The molecule has 0 spiro atoms. The molecule has 2 nitrogen and oxygen atoms in total. The van der Waals surface area contributed by atoms with Gasteiger partial charge in [-0.05, 0) is 52.1 Å². The van der Waals surface area contributed by atoms with Gasteiger partial charge in [-0.3, -0.25) is 0 Å². The van der Waals surface area contributed by atoms with E-state index in [0.29, 0.717) is 0 Å². The second kappa shape index (κ2) is 5.13. The van der Waals surface area contributed by atoms with Crippen LogP contribution in [0.1, 0.15) is 46.5 Å². The Kier molecular flexibility index (Phi) is 4.39. The molecule has 2 heteroatoms. The van der Waals surface area contributed by atoms with Crippen molar-refractivity contribution in [3.05, 3.63) is 0 Å².